The summed E-state index contributed by atoms with van der Waals surface area (Å²) < 4.78 is 13.1. The summed E-state index contributed by atoms with van der Waals surface area (Å²) in [6.07, 6.45) is 1.78. The lowest BCUT2D eigenvalue weighted by Gasteiger charge is -2.20. The van der Waals surface area contributed by atoms with E-state index in [9.17, 15) is 9.59 Å². The van der Waals surface area contributed by atoms with Crippen molar-refractivity contribution < 1.29 is 18.7 Å². The van der Waals surface area contributed by atoms with Gasteiger partial charge in [-0.25, -0.2) is 4.79 Å². The molecule has 0 aliphatic heterocycles. The van der Waals surface area contributed by atoms with Gasteiger partial charge in [-0.3, -0.25) is 4.79 Å². The highest BCUT2D eigenvalue weighted by Crippen LogP contribution is 2.30. The first-order valence-corrected chi connectivity index (χ1v) is 11.0. The predicted molar refractivity (Wildman–Crippen MR) is 118 cm³/mol. The number of amides is 1. The Morgan fingerprint density at radius 3 is 2.66 bits per heavy atom. The van der Waals surface area contributed by atoms with Crippen LogP contribution in [0.25, 0.3) is 11.5 Å². The van der Waals surface area contributed by atoms with Crippen LogP contribution in [0.15, 0.2) is 34.7 Å². The Morgan fingerprint density at radius 2 is 2.00 bits per heavy atom. The third-order valence-electron chi connectivity index (χ3n) is 5.62. The standard InChI is InChI=1S/C23H25ClN4O4/c1-4-27-14(2)11-18(15(27)3)23(30)31-13-21(29)28(16-9-10-16)12-20-25-26-22(32-20)17-7-5-6-8-19(17)24/h5-8,11,16H,4,9-10,12-13H2,1-3H3. The normalized spacial score (nSPS) is 13.2. The molecule has 1 amide bonds. The second-order valence-corrected chi connectivity index (χ2v) is 8.25. The minimum Gasteiger partial charge on any atom is -0.452 e. The molecular formula is C23H25ClN4O4. The molecule has 2 aromatic heterocycles. The van der Waals surface area contributed by atoms with Gasteiger partial charge in [-0.15, -0.1) is 10.2 Å². The van der Waals surface area contributed by atoms with Crippen molar-refractivity contribution in [1.82, 2.24) is 19.7 Å². The van der Waals surface area contributed by atoms with Crippen LogP contribution in [0.4, 0.5) is 0 Å². The molecule has 9 heteroatoms. The maximum absolute atomic E-state index is 12.8. The number of carbonyl (C=O) groups is 2. The molecule has 0 saturated heterocycles. The summed E-state index contributed by atoms with van der Waals surface area (Å²) >= 11 is 6.20. The zero-order chi connectivity index (χ0) is 22.8. The van der Waals surface area contributed by atoms with E-state index >= 15 is 0 Å². The summed E-state index contributed by atoms with van der Waals surface area (Å²) in [6, 6.07) is 9.06. The van der Waals surface area contributed by atoms with Crippen molar-refractivity contribution in [2.24, 2.45) is 0 Å². The molecule has 0 atom stereocenters. The Kier molecular flexibility index (Phi) is 6.32. The van der Waals surface area contributed by atoms with Crippen molar-refractivity contribution in [1.29, 1.82) is 0 Å². The lowest BCUT2D eigenvalue weighted by molar-refractivity contribution is -0.136. The quantitative estimate of drug-likeness (QED) is 0.472. The highest BCUT2D eigenvalue weighted by molar-refractivity contribution is 6.33. The van der Waals surface area contributed by atoms with E-state index in [1.165, 1.54) is 0 Å². The van der Waals surface area contributed by atoms with E-state index in [-0.39, 0.29) is 25.1 Å². The molecule has 0 spiro atoms. The van der Waals surface area contributed by atoms with Crippen LogP contribution in [0, 0.1) is 13.8 Å². The maximum atomic E-state index is 12.8. The highest BCUT2D eigenvalue weighted by atomic mass is 35.5. The van der Waals surface area contributed by atoms with Crippen molar-refractivity contribution in [3.63, 3.8) is 0 Å². The molecule has 3 aromatic rings. The van der Waals surface area contributed by atoms with Crippen LogP contribution in [0.3, 0.4) is 0 Å². The Hall–Kier alpha value is -3.13. The van der Waals surface area contributed by atoms with E-state index in [0.717, 1.165) is 30.8 Å². The van der Waals surface area contributed by atoms with Gasteiger partial charge in [0.1, 0.15) is 0 Å². The number of halogens is 1. The van der Waals surface area contributed by atoms with E-state index in [1.54, 1.807) is 23.1 Å². The number of aryl methyl sites for hydroxylation is 1. The number of carbonyl (C=O) groups excluding carboxylic acids is 2. The summed E-state index contributed by atoms with van der Waals surface area (Å²) in [5.41, 5.74) is 2.93. The number of rotatable bonds is 8. The van der Waals surface area contributed by atoms with Crippen LogP contribution in [-0.2, 0) is 22.6 Å². The third-order valence-corrected chi connectivity index (χ3v) is 5.95. The van der Waals surface area contributed by atoms with Crippen molar-refractivity contribution in [2.45, 2.75) is 52.7 Å². The van der Waals surface area contributed by atoms with Gasteiger partial charge in [0, 0.05) is 24.0 Å². The molecule has 32 heavy (non-hydrogen) atoms. The molecule has 168 valence electrons. The average molecular weight is 457 g/mol. The van der Waals surface area contributed by atoms with Crippen LogP contribution < -0.4 is 0 Å². The Balaban J connectivity index is 1.41. The van der Waals surface area contributed by atoms with Crippen molar-refractivity contribution in [2.75, 3.05) is 6.61 Å². The summed E-state index contributed by atoms with van der Waals surface area (Å²) in [7, 11) is 0. The lowest BCUT2D eigenvalue weighted by Crippen LogP contribution is -2.36. The number of nitrogens with zero attached hydrogens (tertiary/aromatic N) is 4. The zero-order valence-corrected chi connectivity index (χ0v) is 19.1. The number of ether oxygens (including phenoxy) is 1. The monoisotopic (exact) mass is 456 g/mol. The largest absolute Gasteiger partial charge is 0.452 e. The summed E-state index contributed by atoms with van der Waals surface area (Å²) in [5, 5.41) is 8.62. The number of hydrogen-bond donors (Lipinski definition) is 0. The van der Waals surface area contributed by atoms with Gasteiger partial charge < -0.3 is 18.6 Å². The van der Waals surface area contributed by atoms with Gasteiger partial charge in [-0.05, 0) is 51.8 Å². The molecule has 4 rings (SSSR count). The maximum Gasteiger partial charge on any atom is 0.340 e. The molecule has 1 saturated carbocycles. The molecule has 0 N–H and O–H groups in total. The minimum absolute atomic E-state index is 0.0852. The van der Waals surface area contributed by atoms with Gasteiger partial charge >= 0.3 is 5.97 Å². The van der Waals surface area contributed by atoms with Crippen LogP contribution in [0.5, 0.6) is 0 Å². The number of aromatic nitrogens is 3. The van der Waals surface area contributed by atoms with Crippen LogP contribution in [-0.4, -0.2) is 44.2 Å². The van der Waals surface area contributed by atoms with Crippen LogP contribution in [0.1, 0.15) is 47.4 Å². The fourth-order valence-corrected chi connectivity index (χ4v) is 4.01. The average Bonchev–Trinajstić information content (AvgIpc) is 3.44. The Morgan fingerprint density at radius 1 is 1.25 bits per heavy atom. The van der Waals surface area contributed by atoms with Gasteiger partial charge in [-0.2, -0.15) is 0 Å². The van der Waals surface area contributed by atoms with Gasteiger partial charge in [0.05, 0.1) is 22.7 Å². The van der Waals surface area contributed by atoms with E-state index in [0.29, 0.717) is 27.9 Å². The molecule has 0 bridgehead atoms. The van der Waals surface area contributed by atoms with Gasteiger partial charge in [0.25, 0.3) is 5.91 Å². The highest BCUT2D eigenvalue weighted by Gasteiger charge is 2.34. The number of esters is 1. The minimum atomic E-state index is -0.499. The fraction of sp³-hybridized carbons (Fsp3) is 0.391. The second kappa shape index (κ2) is 9.16. The van der Waals surface area contributed by atoms with Crippen molar-refractivity contribution in [3.05, 3.63) is 58.2 Å². The van der Waals surface area contributed by atoms with Crippen LogP contribution in [0.2, 0.25) is 5.02 Å². The van der Waals surface area contributed by atoms with Gasteiger partial charge in [0.2, 0.25) is 11.8 Å². The summed E-state index contributed by atoms with van der Waals surface area (Å²) in [6.45, 7) is 6.41. The lowest BCUT2D eigenvalue weighted by atomic mass is 10.2. The second-order valence-electron chi connectivity index (χ2n) is 7.84. The first-order valence-electron chi connectivity index (χ1n) is 10.6. The molecular weight excluding hydrogens is 432 g/mol. The molecule has 1 aromatic carbocycles. The van der Waals surface area contributed by atoms with Gasteiger partial charge in [0.15, 0.2) is 6.61 Å². The summed E-state index contributed by atoms with van der Waals surface area (Å²) in [4.78, 5) is 27.0. The van der Waals surface area contributed by atoms with E-state index in [1.807, 2.05) is 37.5 Å². The molecule has 1 aliphatic rings. The van der Waals surface area contributed by atoms with E-state index in [2.05, 4.69) is 10.2 Å². The molecule has 8 nitrogen and oxygen atoms in total. The van der Waals surface area contributed by atoms with Gasteiger partial charge in [-0.1, -0.05) is 23.7 Å². The van der Waals surface area contributed by atoms with E-state index in [4.69, 9.17) is 20.8 Å². The topological polar surface area (TPSA) is 90.5 Å². The summed E-state index contributed by atoms with van der Waals surface area (Å²) in [5.74, 6) is -0.187. The number of benzene rings is 1. The van der Waals surface area contributed by atoms with Crippen molar-refractivity contribution in [3.8, 4) is 11.5 Å². The Bertz CT molecular complexity index is 1150. The SMILES string of the molecule is CCn1c(C)cc(C(=O)OCC(=O)N(Cc2nnc(-c3ccccc3Cl)o2)C2CC2)c1C. The molecule has 1 aliphatic carbocycles. The smallest absolute Gasteiger partial charge is 0.340 e. The van der Waals surface area contributed by atoms with Crippen LogP contribution >= 0.6 is 11.6 Å². The fourth-order valence-electron chi connectivity index (χ4n) is 3.80. The van der Waals surface area contributed by atoms with E-state index < -0.39 is 5.97 Å². The van der Waals surface area contributed by atoms with Crippen molar-refractivity contribution >= 4 is 23.5 Å². The third kappa shape index (κ3) is 4.55. The predicted octanol–water partition coefficient (Wildman–Crippen LogP) is 4.18. The molecule has 0 radical (unpaired) electrons. The molecule has 2 heterocycles. The zero-order valence-electron chi connectivity index (χ0n) is 18.3. The first-order chi connectivity index (χ1) is 15.4. The first kappa shape index (κ1) is 22.1. The molecule has 1 fully saturated rings. The Labute approximate surface area is 191 Å². The molecule has 0 unspecified atom stereocenters. The number of hydrogen-bond acceptors (Lipinski definition) is 6.